The maximum absolute atomic E-state index is 12.7. The van der Waals surface area contributed by atoms with Gasteiger partial charge in [0.15, 0.2) is 0 Å². The number of rotatable bonds is 4. The van der Waals surface area contributed by atoms with Gasteiger partial charge in [-0.2, -0.15) is 0 Å². The van der Waals surface area contributed by atoms with Crippen molar-refractivity contribution in [2.24, 2.45) is 5.41 Å². The van der Waals surface area contributed by atoms with Gasteiger partial charge in [-0.15, -0.1) is 0 Å². The fourth-order valence-corrected chi connectivity index (χ4v) is 4.51. The smallest absolute Gasteiger partial charge is 0.244 e. The third-order valence-electron chi connectivity index (χ3n) is 4.28. The van der Waals surface area contributed by atoms with Gasteiger partial charge >= 0.3 is 0 Å². The van der Waals surface area contributed by atoms with Crippen LogP contribution in [0.3, 0.4) is 0 Å². The van der Waals surface area contributed by atoms with E-state index in [4.69, 9.17) is 10.5 Å². The molecule has 0 saturated heterocycles. The average Bonchev–Trinajstić information content (AvgIpc) is 2.41. The van der Waals surface area contributed by atoms with E-state index in [2.05, 4.69) is 18.6 Å². The van der Waals surface area contributed by atoms with Crippen molar-refractivity contribution in [3.05, 3.63) is 18.2 Å². The van der Waals surface area contributed by atoms with E-state index in [1.165, 1.54) is 13.2 Å². The molecular formula is C15H24N2O3S. The molecule has 1 aliphatic rings. The van der Waals surface area contributed by atoms with Crippen molar-refractivity contribution in [3.8, 4) is 5.75 Å². The summed E-state index contributed by atoms with van der Waals surface area (Å²) < 4.78 is 33.3. The van der Waals surface area contributed by atoms with Crippen LogP contribution in [0.5, 0.6) is 5.75 Å². The molecule has 6 heteroatoms. The molecule has 1 aliphatic carbocycles. The minimum absolute atomic E-state index is 0.0428. The highest BCUT2D eigenvalue weighted by Crippen LogP contribution is 2.37. The summed E-state index contributed by atoms with van der Waals surface area (Å²) in [5.74, 6) is 0.310. The monoisotopic (exact) mass is 312 g/mol. The number of hydrogen-bond acceptors (Lipinski definition) is 4. The van der Waals surface area contributed by atoms with Crippen molar-refractivity contribution in [3.63, 3.8) is 0 Å². The molecule has 1 fully saturated rings. The Morgan fingerprint density at radius 1 is 1.33 bits per heavy atom. The molecule has 1 aromatic rings. The van der Waals surface area contributed by atoms with Gasteiger partial charge in [-0.05, 0) is 36.5 Å². The lowest BCUT2D eigenvalue weighted by molar-refractivity contribution is 0.188. The van der Waals surface area contributed by atoms with Crippen LogP contribution in [0, 0.1) is 5.41 Å². The Morgan fingerprint density at radius 3 is 2.67 bits per heavy atom. The van der Waals surface area contributed by atoms with Crippen LogP contribution in [-0.2, 0) is 10.0 Å². The average molecular weight is 312 g/mol. The first-order valence-corrected chi connectivity index (χ1v) is 8.70. The molecule has 1 saturated carbocycles. The Hall–Kier alpha value is -1.27. The Morgan fingerprint density at radius 2 is 2.05 bits per heavy atom. The topological polar surface area (TPSA) is 81.4 Å². The van der Waals surface area contributed by atoms with Crippen molar-refractivity contribution in [1.29, 1.82) is 0 Å². The number of nitrogen functional groups attached to an aromatic ring is 1. The maximum atomic E-state index is 12.7. The molecule has 2 rings (SSSR count). The standard InChI is InChI=1S/C15H24N2O3S/c1-15(2)9-5-4-6-14(15)17-21(18,19)13-10-11(16)7-8-12(13)20-3/h7-8,10,14,17H,4-6,9,16H2,1-3H3. The van der Waals surface area contributed by atoms with E-state index in [0.29, 0.717) is 11.4 Å². The first kappa shape index (κ1) is 16.1. The normalized spacial score (nSPS) is 22.0. The summed E-state index contributed by atoms with van der Waals surface area (Å²) in [6, 6.07) is 4.58. The highest BCUT2D eigenvalue weighted by molar-refractivity contribution is 7.89. The fraction of sp³-hybridized carbons (Fsp3) is 0.600. The van der Waals surface area contributed by atoms with Crippen LogP contribution >= 0.6 is 0 Å². The van der Waals surface area contributed by atoms with Crippen molar-refractivity contribution >= 4 is 15.7 Å². The van der Waals surface area contributed by atoms with Crippen molar-refractivity contribution in [1.82, 2.24) is 4.72 Å². The molecule has 0 spiro atoms. The first-order valence-electron chi connectivity index (χ1n) is 7.22. The van der Waals surface area contributed by atoms with E-state index < -0.39 is 10.0 Å². The molecule has 0 aromatic heterocycles. The minimum Gasteiger partial charge on any atom is -0.495 e. The van der Waals surface area contributed by atoms with Crippen LogP contribution in [0.1, 0.15) is 39.5 Å². The molecule has 21 heavy (non-hydrogen) atoms. The third kappa shape index (κ3) is 3.49. The van der Waals surface area contributed by atoms with E-state index in [9.17, 15) is 8.42 Å². The quantitative estimate of drug-likeness (QED) is 0.837. The molecule has 1 unspecified atom stereocenters. The largest absolute Gasteiger partial charge is 0.495 e. The summed E-state index contributed by atoms with van der Waals surface area (Å²) in [5, 5.41) is 0. The van der Waals surface area contributed by atoms with Crippen molar-refractivity contribution < 1.29 is 13.2 Å². The fourth-order valence-electron chi connectivity index (χ4n) is 2.87. The molecule has 1 atom stereocenters. The highest BCUT2D eigenvalue weighted by atomic mass is 32.2. The van der Waals surface area contributed by atoms with Gasteiger partial charge in [-0.25, -0.2) is 13.1 Å². The van der Waals surface area contributed by atoms with E-state index in [0.717, 1.165) is 25.7 Å². The van der Waals surface area contributed by atoms with E-state index in [-0.39, 0.29) is 16.4 Å². The molecule has 3 N–H and O–H groups in total. The number of hydrogen-bond donors (Lipinski definition) is 2. The second kappa shape index (κ2) is 5.85. The Bertz CT molecular complexity index is 611. The summed E-state index contributed by atoms with van der Waals surface area (Å²) in [5.41, 5.74) is 6.08. The van der Waals surface area contributed by atoms with Crippen molar-refractivity contribution in [2.45, 2.75) is 50.5 Å². The van der Waals surface area contributed by atoms with Crippen LogP contribution in [0.25, 0.3) is 0 Å². The molecule has 0 bridgehead atoms. The molecule has 0 amide bonds. The van der Waals surface area contributed by atoms with Crippen LogP contribution in [-0.4, -0.2) is 21.6 Å². The zero-order valence-electron chi connectivity index (χ0n) is 12.8. The Balaban J connectivity index is 2.32. The zero-order valence-corrected chi connectivity index (χ0v) is 13.7. The minimum atomic E-state index is -3.65. The first-order chi connectivity index (χ1) is 9.76. The van der Waals surface area contributed by atoms with Crippen molar-refractivity contribution in [2.75, 3.05) is 12.8 Å². The number of nitrogens with two attached hydrogens (primary N) is 1. The lowest BCUT2D eigenvalue weighted by Gasteiger charge is -2.38. The van der Waals surface area contributed by atoms with Crippen LogP contribution in [0.4, 0.5) is 5.69 Å². The number of benzene rings is 1. The Kier molecular flexibility index (Phi) is 4.49. The number of anilines is 1. The number of methoxy groups -OCH3 is 1. The summed E-state index contributed by atoms with van der Waals surface area (Å²) >= 11 is 0. The van der Waals surface area contributed by atoms with Crippen LogP contribution in [0.15, 0.2) is 23.1 Å². The molecule has 5 nitrogen and oxygen atoms in total. The Labute approximate surface area is 126 Å². The van der Waals surface area contributed by atoms with E-state index in [1.807, 2.05) is 0 Å². The zero-order chi connectivity index (χ0) is 15.7. The van der Waals surface area contributed by atoms with Gasteiger partial charge in [0.25, 0.3) is 0 Å². The molecule has 0 radical (unpaired) electrons. The molecule has 0 aliphatic heterocycles. The molecule has 118 valence electrons. The summed E-state index contributed by atoms with van der Waals surface area (Å²) in [6.45, 7) is 4.21. The van der Waals surface area contributed by atoms with Gasteiger partial charge < -0.3 is 10.5 Å². The van der Waals surface area contributed by atoms with Gasteiger partial charge in [0.1, 0.15) is 10.6 Å². The number of sulfonamides is 1. The van der Waals surface area contributed by atoms with Gasteiger partial charge in [0.05, 0.1) is 7.11 Å². The van der Waals surface area contributed by atoms with Crippen LogP contribution in [0.2, 0.25) is 0 Å². The summed E-state index contributed by atoms with van der Waals surface area (Å²) in [6.07, 6.45) is 4.07. The van der Waals surface area contributed by atoms with Gasteiger partial charge in [-0.3, -0.25) is 0 Å². The third-order valence-corrected chi connectivity index (χ3v) is 5.77. The van der Waals surface area contributed by atoms with Gasteiger partial charge in [0.2, 0.25) is 10.0 Å². The molecular weight excluding hydrogens is 288 g/mol. The van der Waals surface area contributed by atoms with E-state index in [1.54, 1.807) is 12.1 Å². The predicted octanol–water partition coefficient (Wildman–Crippen LogP) is 2.52. The van der Waals surface area contributed by atoms with Gasteiger partial charge in [0, 0.05) is 11.7 Å². The predicted molar refractivity (Wildman–Crippen MR) is 83.8 cm³/mol. The maximum Gasteiger partial charge on any atom is 0.244 e. The lowest BCUT2D eigenvalue weighted by Crippen LogP contribution is -2.46. The molecule has 1 aromatic carbocycles. The number of nitrogens with one attached hydrogen (secondary N) is 1. The van der Waals surface area contributed by atoms with E-state index >= 15 is 0 Å². The highest BCUT2D eigenvalue weighted by Gasteiger charge is 2.36. The second-order valence-corrected chi connectivity index (χ2v) is 8.00. The summed E-state index contributed by atoms with van der Waals surface area (Å²) in [4.78, 5) is 0.103. The second-order valence-electron chi connectivity index (χ2n) is 6.32. The molecule has 0 heterocycles. The van der Waals surface area contributed by atoms with Crippen LogP contribution < -0.4 is 15.2 Å². The lowest BCUT2D eigenvalue weighted by atomic mass is 9.74. The number of ether oxygens (including phenoxy) is 1. The van der Waals surface area contributed by atoms with Gasteiger partial charge in [-0.1, -0.05) is 26.7 Å². The SMILES string of the molecule is COc1ccc(N)cc1S(=O)(=O)NC1CCCCC1(C)C. The summed E-state index contributed by atoms with van der Waals surface area (Å²) in [7, 11) is -2.20.